The van der Waals surface area contributed by atoms with Gasteiger partial charge in [-0.25, -0.2) is 4.79 Å². The molecule has 1 aromatic rings. The van der Waals surface area contributed by atoms with E-state index in [2.05, 4.69) is 24.3 Å². The molecule has 2 N–H and O–H groups in total. The van der Waals surface area contributed by atoms with Gasteiger partial charge in [0.2, 0.25) is 0 Å². The van der Waals surface area contributed by atoms with Gasteiger partial charge in [0.25, 0.3) is 0 Å². The molecule has 0 aliphatic heterocycles. The average Bonchev–Trinajstić information content (AvgIpc) is 2.87. The van der Waals surface area contributed by atoms with Gasteiger partial charge in [0, 0.05) is 19.6 Å². The van der Waals surface area contributed by atoms with Crippen molar-refractivity contribution in [3.8, 4) is 0 Å². The lowest BCUT2D eigenvalue weighted by molar-refractivity contribution is 0.0697. The van der Waals surface area contributed by atoms with Gasteiger partial charge in [-0.3, -0.25) is 0 Å². The van der Waals surface area contributed by atoms with Crippen molar-refractivity contribution >= 4 is 5.97 Å². The van der Waals surface area contributed by atoms with Crippen molar-refractivity contribution in [3.63, 3.8) is 0 Å². The van der Waals surface area contributed by atoms with Crippen molar-refractivity contribution in [2.45, 2.75) is 32.2 Å². The van der Waals surface area contributed by atoms with Crippen LogP contribution in [-0.4, -0.2) is 43.2 Å². The number of benzene rings is 1. The second kappa shape index (κ2) is 7.05. The van der Waals surface area contributed by atoms with Crippen LogP contribution in [0.3, 0.4) is 0 Å². The minimum Gasteiger partial charge on any atom is -0.478 e. The topological polar surface area (TPSA) is 52.6 Å². The van der Waals surface area contributed by atoms with Gasteiger partial charge in [0.15, 0.2) is 0 Å². The van der Waals surface area contributed by atoms with E-state index in [0.717, 1.165) is 25.2 Å². The van der Waals surface area contributed by atoms with Crippen LogP contribution >= 0.6 is 0 Å². The van der Waals surface area contributed by atoms with Crippen LogP contribution in [0.2, 0.25) is 0 Å². The lowest BCUT2D eigenvalue weighted by Gasteiger charge is -2.32. The van der Waals surface area contributed by atoms with Gasteiger partial charge in [-0.05, 0) is 50.0 Å². The Bertz CT molecular complexity index is 462. The zero-order valence-electron chi connectivity index (χ0n) is 13.1. The Labute approximate surface area is 127 Å². The zero-order valence-corrected chi connectivity index (χ0v) is 13.1. The summed E-state index contributed by atoms with van der Waals surface area (Å²) in [5, 5.41) is 12.5. The molecule has 4 nitrogen and oxygen atoms in total. The Morgan fingerprint density at radius 1 is 1.24 bits per heavy atom. The molecule has 0 saturated heterocycles. The first kappa shape index (κ1) is 16.0. The highest BCUT2D eigenvalue weighted by Gasteiger charge is 2.33. The normalized spacial score (nSPS) is 17.3. The van der Waals surface area contributed by atoms with E-state index in [1.807, 2.05) is 12.1 Å². The fraction of sp³-hybridized carbons (Fsp3) is 0.588. The third-order valence-electron chi connectivity index (χ3n) is 4.35. The Balaban J connectivity index is 1.86. The SMILES string of the molecule is CN(C)CC1(CNCc2ccc(C(=O)O)cc2)CCCC1. The van der Waals surface area contributed by atoms with Crippen molar-refractivity contribution in [1.82, 2.24) is 10.2 Å². The van der Waals surface area contributed by atoms with E-state index in [0.29, 0.717) is 11.0 Å². The third-order valence-corrected chi connectivity index (χ3v) is 4.35. The molecule has 0 atom stereocenters. The van der Waals surface area contributed by atoms with Gasteiger partial charge in [-0.1, -0.05) is 25.0 Å². The van der Waals surface area contributed by atoms with Crippen LogP contribution in [-0.2, 0) is 6.54 Å². The molecule has 0 spiro atoms. The molecule has 1 aliphatic carbocycles. The highest BCUT2D eigenvalue weighted by Crippen LogP contribution is 2.37. The number of hydrogen-bond donors (Lipinski definition) is 2. The Morgan fingerprint density at radius 2 is 1.86 bits per heavy atom. The van der Waals surface area contributed by atoms with Gasteiger partial charge < -0.3 is 15.3 Å². The first-order valence-corrected chi connectivity index (χ1v) is 7.68. The molecule has 0 radical (unpaired) electrons. The molecule has 4 heteroatoms. The highest BCUT2D eigenvalue weighted by molar-refractivity contribution is 5.87. The molecule has 1 fully saturated rings. The molecule has 0 aromatic heterocycles. The quantitative estimate of drug-likeness (QED) is 0.810. The monoisotopic (exact) mass is 290 g/mol. The number of carbonyl (C=O) groups is 1. The minimum absolute atomic E-state index is 0.346. The van der Waals surface area contributed by atoms with Gasteiger partial charge in [0.05, 0.1) is 5.56 Å². The number of nitrogens with one attached hydrogen (secondary N) is 1. The molecule has 1 saturated carbocycles. The lowest BCUT2D eigenvalue weighted by Crippen LogP contribution is -2.39. The van der Waals surface area contributed by atoms with Gasteiger partial charge in [-0.15, -0.1) is 0 Å². The largest absolute Gasteiger partial charge is 0.478 e. The fourth-order valence-corrected chi connectivity index (χ4v) is 3.42. The molecule has 1 aliphatic rings. The first-order valence-electron chi connectivity index (χ1n) is 7.68. The van der Waals surface area contributed by atoms with Gasteiger partial charge in [0.1, 0.15) is 0 Å². The molecular weight excluding hydrogens is 264 g/mol. The predicted molar refractivity (Wildman–Crippen MR) is 84.6 cm³/mol. The van der Waals surface area contributed by atoms with Crippen molar-refractivity contribution < 1.29 is 9.90 Å². The summed E-state index contributed by atoms with van der Waals surface area (Å²) in [5.74, 6) is -0.870. The van der Waals surface area contributed by atoms with E-state index in [-0.39, 0.29) is 0 Å². The molecule has 21 heavy (non-hydrogen) atoms. The predicted octanol–water partition coefficient (Wildman–Crippen LogP) is 2.60. The van der Waals surface area contributed by atoms with Crippen LogP contribution in [0.25, 0.3) is 0 Å². The first-order chi connectivity index (χ1) is 10.0. The van der Waals surface area contributed by atoms with Gasteiger partial charge >= 0.3 is 5.97 Å². The second-order valence-corrected chi connectivity index (χ2v) is 6.55. The molecule has 2 rings (SSSR count). The maximum Gasteiger partial charge on any atom is 0.335 e. The smallest absolute Gasteiger partial charge is 0.335 e. The summed E-state index contributed by atoms with van der Waals surface area (Å²) in [6.45, 7) is 2.97. The van der Waals surface area contributed by atoms with Crippen molar-refractivity contribution in [2.75, 3.05) is 27.2 Å². The number of aromatic carboxylic acids is 1. The molecule has 0 amide bonds. The van der Waals surface area contributed by atoms with E-state index >= 15 is 0 Å². The second-order valence-electron chi connectivity index (χ2n) is 6.55. The number of rotatable bonds is 7. The van der Waals surface area contributed by atoms with E-state index in [1.165, 1.54) is 25.7 Å². The fourth-order valence-electron chi connectivity index (χ4n) is 3.42. The maximum atomic E-state index is 10.8. The molecule has 0 heterocycles. The summed E-state index contributed by atoms with van der Waals surface area (Å²) in [6.07, 6.45) is 5.28. The van der Waals surface area contributed by atoms with Crippen molar-refractivity contribution in [3.05, 3.63) is 35.4 Å². The van der Waals surface area contributed by atoms with Crippen LogP contribution in [0.15, 0.2) is 24.3 Å². The lowest BCUT2D eigenvalue weighted by atomic mass is 9.85. The van der Waals surface area contributed by atoms with E-state index in [4.69, 9.17) is 5.11 Å². The molecule has 0 unspecified atom stereocenters. The molecule has 1 aromatic carbocycles. The summed E-state index contributed by atoms with van der Waals surface area (Å²) >= 11 is 0. The Morgan fingerprint density at radius 3 is 2.38 bits per heavy atom. The number of carboxylic acid groups (broad SMARTS) is 1. The highest BCUT2D eigenvalue weighted by atomic mass is 16.4. The average molecular weight is 290 g/mol. The van der Waals surface area contributed by atoms with Crippen molar-refractivity contribution in [1.29, 1.82) is 0 Å². The van der Waals surface area contributed by atoms with Crippen LogP contribution in [0.1, 0.15) is 41.6 Å². The zero-order chi connectivity index (χ0) is 15.3. The Kier molecular flexibility index (Phi) is 5.37. The van der Waals surface area contributed by atoms with E-state index in [9.17, 15) is 4.79 Å². The summed E-state index contributed by atoms with van der Waals surface area (Å²) < 4.78 is 0. The standard InChI is InChI=1S/C17H26N2O2/c1-19(2)13-17(9-3-4-10-17)12-18-11-14-5-7-15(8-6-14)16(20)21/h5-8,18H,3-4,9-13H2,1-2H3,(H,20,21). The molecule has 116 valence electrons. The molecule has 0 bridgehead atoms. The number of carboxylic acids is 1. The van der Waals surface area contributed by atoms with E-state index in [1.54, 1.807) is 12.1 Å². The number of nitrogens with zero attached hydrogens (tertiary/aromatic N) is 1. The van der Waals surface area contributed by atoms with Crippen LogP contribution in [0.4, 0.5) is 0 Å². The van der Waals surface area contributed by atoms with E-state index < -0.39 is 5.97 Å². The van der Waals surface area contributed by atoms with Crippen molar-refractivity contribution in [2.24, 2.45) is 5.41 Å². The number of hydrogen-bond acceptors (Lipinski definition) is 3. The van der Waals surface area contributed by atoms with Crippen LogP contribution in [0.5, 0.6) is 0 Å². The van der Waals surface area contributed by atoms with Gasteiger partial charge in [-0.2, -0.15) is 0 Å². The Hall–Kier alpha value is -1.39. The van der Waals surface area contributed by atoms with Crippen LogP contribution < -0.4 is 5.32 Å². The van der Waals surface area contributed by atoms with Crippen LogP contribution in [0, 0.1) is 5.41 Å². The summed E-state index contributed by atoms with van der Waals surface area (Å²) in [4.78, 5) is 13.1. The maximum absolute atomic E-state index is 10.8. The third kappa shape index (κ3) is 4.55. The minimum atomic E-state index is -0.870. The molecular formula is C17H26N2O2. The summed E-state index contributed by atoms with van der Waals surface area (Å²) in [6, 6.07) is 7.13. The summed E-state index contributed by atoms with van der Waals surface area (Å²) in [5.41, 5.74) is 1.89. The summed E-state index contributed by atoms with van der Waals surface area (Å²) in [7, 11) is 4.29.